The second kappa shape index (κ2) is 14.1. The molecule has 2 aliphatic carbocycles. The first-order chi connectivity index (χ1) is 30.2. The molecule has 0 bridgehead atoms. The third-order valence-corrected chi connectivity index (χ3v) is 12.6. The lowest BCUT2D eigenvalue weighted by atomic mass is 9.66. The van der Waals surface area contributed by atoms with Gasteiger partial charge in [-0.25, -0.2) is 15.0 Å². The van der Waals surface area contributed by atoms with Crippen LogP contribution < -0.4 is 0 Å². The van der Waals surface area contributed by atoms with Crippen molar-refractivity contribution in [3.05, 3.63) is 247 Å². The Morgan fingerprint density at radius 2 is 0.541 bits per heavy atom. The molecular weight excluding hydrogens is 739 g/mol. The monoisotopic (exact) mass is 775 g/mol. The highest BCUT2D eigenvalue weighted by atomic mass is 15.0. The summed E-state index contributed by atoms with van der Waals surface area (Å²) in [6.07, 6.45) is 0. The van der Waals surface area contributed by atoms with Gasteiger partial charge >= 0.3 is 0 Å². The van der Waals surface area contributed by atoms with Gasteiger partial charge in [-0.2, -0.15) is 0 Å². The van der Waals surface area contributed by atoms with Gasteiger partial charge in [0.2, 0.25) is 0 Å². The van der Waals surface area contributed by atoms with Crippen molar-refractivity contribution in [2.45, 2.75) is 5.41 Å². The highest BCUT2D eigenvalue weighted by Crippen LogP contribution is 2.61. The van der Waals surface area contributed by atoms with Crippen molar-refractivity contribution in [1.29, 1.82) is 0 Å². The Bertz CT molecular complexity index is 3150. The molecule has 0 N–H and O–H groups in total. The molecule has 2 aliphatic rings. The SMILES string of the molecule is c1ccc(-c2cccc(-c3nc(-c4cccc(-c5ccccc5)c4)nc(-c4ccc5c(c4)C4(c6ccccc6-c6ccccc6-c6ccccc64)c4ccccc4-5)n3)c2)cc1. The summed E-state index contributed by atoms with van der Waals surface area (Å²) in [6, 6.07) is 80.6. The smallest absolute Gasteiger partial charge is 0.164 e. The van der Waals surface area contributed by atoms with Crippen LogP contribution in [0, 0.1) is 0 Å². The van der Waals surface area contributed by atoms with Crippen molar-refractivity contribution in [3.63, 3.8) is 0 Å². The Morgan fingerprint density at radius 1 is 0.213 bits per heavy atom. The van der Waals surface area contributed by atoms with Crippen molar-refractivity contribution in [2.75, 3.05) is 0 Å². The largest absolute Gasteiger partial charge is 0.208 e. The summed E-state index contributed by atoms with van der Waals surface area (Å²) in [5.74, 6) is 1.88. The molecule has 0 saturated heterocycles. The Balaban J connectivity index is 1.11. The average molecular weight is 776 g/mol. The molecule has 0 unspecified atom stereocenters. The summed E-state index contributed by atoms with van der Waals surface area (Å²) >= 11 is 0. The standard InChI is InChI=1S/C58H37N3/c1-3-17-38(18-4-1)40-21-15-23-42(35-40)55-59-56(43-24-16-22-41(36-43)39-19-5-2-6-20-39)61-57(60-55)44-33-34-50-49-29-11-14-32-53(49)58(54(50)37-44)51-30-12-9-27-47(51)45-25-7-8-26-46(45)48-28-10-13-31-52(48)58/h1-37H. The molecule has 284 valence electrons. The van der Waals surface area contributed by atoms with Gasteiger partial charge in [-0.3, -0.25) is 0 Å². The molecule has 3 nitrogen and oxygen atoms in total. The zero-order valence-electron chi connectivity index (χ0n) is 33.2. The molecule has 10 aromatic rings. The number of hydrogen-bond acceptors (Lipinski definition) is 3. The Morgan fingerprint density at radius 3 is 1.00 bits per heavy atom. The van der Waals surface area contributed by atoms with E-state index < -0.39 is 5.41 Å². The maximum absolute atomic E-state index is 5.34. The quantitative estimate of drug-likeness (QED) is 0.175. The molecule has 0 aliphatic heterocycles. The molecule has 12 rings (SSSR count). The lowest BCUT2D eigenvalue weighted by Gasteiger charge is -2.35. The fourth-order valence-electron chi connectivity index (χ4n) is 9.89. The molecule has 0 radical (unpaired) electrons. The van der Waals surface area contributed by atoms with E-state index in [-0.39, 0.29) is 0 Å². The maximum atomic E-state index is 5.34. The van der Waals surface area contributed by atoms with Crippen LogP contribution in [0.1, 0.15) is 22.3 Å². The summed E-state index contributed by atoms with van der Waals surface area (Å²) in [5.41, 5.74) is 19.1. The number of fused-ring (bicyclic) bond motifs is 12. The first-order valence-electron chi connectivity index (χ1n) is 20.9. The van der Waals surface area contributed by atoms with Gasteiger partial charge in [0.25, 0.3) is 0 Å². The minimum atomic E-state index is -0.610. The molecule has 0 atom stereocenters. The molecule has 0 saturated carbocycles. The second-order valence-electron chi connectivity index (χ2n) is 15.9. The van der Waals surface area contributed by atoms with Crippen LogP contribution >= 0.6 is 0 Å². The molecule has 0 fully saturated rings. The molecule has 3 heteroatoms. The van der Waals surface area contributed by atoms with Crippen molar-refractivity contribution >= 4 is 0 Å². The lowest BCUT2D eigenvalue weighted by Crippen LogP contribution is -2.29. The van der Waals surface area contributed by atoms with Crippen LogP contribution in [0.15, 0.2) is 224 Å². The van der Waals surface area contributed by atoms with E-state index in [2.05, 4.69) is 212 Å². The van der Waals surface area contributed by atoms with Gasteiger partial charge in [0.1, 0.15) is 0 Å². The zero-order chi connectivity index (χ0) is 40.3. The van der Waals surface area contributed by atoms with E-state index in [0.717, 1.165) is 38.9 Å². The van der Waals surface area contributed by atoms with Crippen molar-refractivity contribution < 1.29 is 0 Å². The Kier molecular flexibility index (Phi) is 8.07. The van der Waals surface area contributed by atoms with Crippen LogP contribution in [-0.2, 0) is 5.41 Å². The van der Waals surface area contributed by atoms with Crippen LogP contribution in [0.25, 0.3) is 89.8 Å². The zero-order valence-corrected chi connectivity index (χ0v) is 33.2. The van der Waals surface area contributed by atoms with Crippen LogP contribution in [0.2, 0.25) is 0 Å². The molecular formula is C58H37N3. The van der Waals surface area contributed by atoms with E-state index in [4.69, 9.17) is 15.0 Å². The first-order valence-corrected chi connectivity index (χ1v) is 20.9. The molecule has 1 aromatic heterocycles. The Labute approximate surface area is 355 Å². The van der Waals surface area contributed by atoms with Gasteiger partial charge in [0, 0.05) is 16.7 Å². The molecule has 0 amide bonds. The third kappa shape index (κ3) is 5.55. The van der Waals surface area contributed by atoms with Crippen LogP contribution in [-0.4, -0.2) is 15.0 Å². The molecule has 1 spiro atoms. The highest BCUT2D eigenvalue weighted by molar-refractivity contribution is 5.97. The van der Waals surface area contributed by atoms with E-state index >= 15 is 0 Å². The second-order valence-corrected chi connectivity index (χ2v) is 15.9. The summed E-state index contributed by atoms with van der Waals surface area (Å²) in [6.45, 7) is 0. The van der Waals surface area contributed by atoms with E-state index in [1.165, 1.54) is 55.6 Å². The number of hydrogen-bond donors (Lipinski definition) is 0. The maximum Gasteiger partial charge on any atom is 0.164 e. The number of benzene rings is 9. The minimum Gasteiger partial charge on any atom is -0.208 e. The normalized spacial score (nSPS) is 12.7. The molecule has 61 heavy (non-hydrogen) atoms. The van der Waals surface area contributed by atoms with E-state index in [1.54, 1.807) is 0 Å². The summed E-state index contributed by atoms with van der Waals surface area (Å²) in [4.78, 5) is 15.9. The fraction of sp³-hybridized carbons (Fsp3) is 0.0172. The topological polar surface area (TPSA) is 38.7 Å². The Hall–Kier alpha value is -8.01. The van der Waals surface area contributed by atoms with E-state index in [0.29, 0.717) is 17.5 Å². The number of aromatic nitrogens is 3. The molecule has 1 heterocycles. The summed E-state index contributed by atoms with van der Waals surface area (Å²) in [5, 5.41) is 0. The van der Waals surface area contributed by atoms with Gasteiger partial charge < -0.3 is 0 Å². The van der Waals surface area contributed by atoms with Crippen LogP contribution in [0.4, 0.5) is 0 Å². The van der Waals surface area contributed by atoms with Gasteiger partial charge in [0.15, 0.2) is 17.5 Å². The summed E-state index contributed by atoms with van der Waals surface area (Å²) in [7, 11) is 0. The van der Waals surface area contributed by atoms with E-state index in [9.17, 15) is 0 Å². The number of rotatable bonds is 5. The predicted molar refractivity (Wildman–Crippen MR) is 249 cm³/mol. The minimum absolute atomic E-state index is 0.610. The first kappa shape index (κ1) is 35.0. The average Bonchev–Trinajstić information content (AvgIpc) is 3.58. The predicted octanol–water partition coefficient (Wildman–Crippen LogP) is 14.2. The fourth-order valence-corrected chi connectivity index (χ4v) is 9.89. The van der Waals surface area contributed by atoms with Crippen LogP contribution in [0.5, 0.6) is 0 Å². The highest BCUT2D eigenvalue weighted by Gasteiger charge is 2.49. The van der Waals surface area contributed by atoms with Crippen molar-refractivity contribution in [1.82, 2.24) is 15.0 Å². The van der Waals surface area contributed by atoms with Gasteiger partial charge in [-0.15, -0.1) is 0 Å². The molecule has 9 aromatic carbocycles. The van der Waals surface area contributed by atoms with Gasteiger partial charge in [-0.05, 0) is 96.1 Å². The van der Waals surface area contributed by atoms with Gasteiger partial charge in [-0.1, -0.05) is 206 Å². The van der Waals surface area contributed by atoms with E-state index in [1.807, 2.05) is 12.1 Å². The summed E-state index contributed by atoms with van der Waals surface area (Å²) < 4.78 is 0. The number of nitrogens with zero attached hydrogens (tertiary/aromatic N) is 3. The van der Waals surface area contributed by atoms with Crippen molar-refractivity contribution in [3.8, 4) is 89.8 Å². The van der Waals surface area contributed by atoms with Gasteiger partial charge in [0.05, 0.1) is 5.41 Å². The third-order valence-electron chi connectivity index (χ3n) is 12.6. The van der Waals surface area contributed by atoms with Crippen molar-refractivity contribution in [2.24, 2.45) is 0 Å². The van der Waals surface area contributed by atoms with Crippen LogP contribution in [0.3, 0.4) is 0 Å². The lowest BCUT2D eigenvalue weighted by molar-refractivity contribution is 0.775.